The van der Waals surface area contributed by atoms with E-state index in [-0.39, 0.29) is 11.6 Å². The lowest BCUT2D eigenvalue weighted by Gasteiger charge is -2.32. The summed E-state index contributed by atoms with van der Waals surface area (Å²) in [6.45, 7) is 9.79. The maximum atomic E-state index is 13.6. The average Bonchev–Trinajstić information content (AvgIpc) is 2.48. The summed E-state index contributed by atoms with van der Waals surface area (Å²) in [6, 6.07) is 3.09. The quantitative estimate of drug-likeness (QED) is 0.769. The molecular weight excluding hydrogens is 246 g/mol. The largest absolute Gasteiger partial charge is 0.495 e. The van der Waals surface area contributed by atoms with Crippen LogP contribution in [0.3, 0.4) is 0 Å². The van der Waals surface area contributed by atoms with Crippen LogP contribution >= 0.6 is 0 Å². The lowest BCUT2D eigenvalue weighted by Crippen LogP contribution is -2.41. The monoisotopic (exact) mass is 266 g/mol. The Hall–Kier alpha value is -1.07. The Kier molecular flexibility index (Phi) is 3.39. The summed E-state index contributed by atoms with van der Waals surface area (Å²) in [4.78, 5) is 0. The normalized spacial score (nSPS) is 20.7. The topological polar surface area (TPSA) is 27.7 Å². The van der Waals surface area contributed by atoms with Gasteiger partial charge in [0.25, 0.3) is 0 Å². The zero-order valence-electron chi connectivity index (χ0n) is 12.3. The van der Waals surface area contributed by atoms with Crippen LogP contribution in [0.2, 0.25) is 0 Å². The zero-order valence-corrected chi connectivity index (χ0v) is 12.3. The summed E-state index contributed by atoms with van der Waals surface area (Å²) >= 11 is 0. The van der Waals surface area contributed by atoms with Crippen LogP contribution in [0.25, 0.3) is 0 Å². The molecule has 3 nitrogen and oxygen atoms in total. The summed E-state index contributed by atoms with van der Waals surface area (Å²) in [6.07, 6.45) is 0. The fourth-order valence-corrected chi connectivity index (χ4v) is 2.05. The van der Waals surface area contributed by atoms with Gasteiger partial charge < -0.3 is 14.0 Å². The third-order valence-corrected chi connectivity index (χ3v) is 4.05. The van der Waals surface area contributed by atoms with Crippen molar-refractivity contribution in [1.29, 1.82) is 0 Å². The fourth-order valence-electron chi connectivity index (χ4n) is 2.05. The molecule has 1 aromatic carbocycles. The third kappa shape index (κ3) is 2.37. The van der Waals surface area contributed by atoms with Gasteiger partial charge in [-0.05, 0) is 57.8 Å². The molecule has 0 aromatic heterocycles. The van der Waals surface area contributed by atoms with Crippen molar-refractivity contribution >= 4 is 12.6 Å². The molecule has 1 aliphatic heterocycles. The van der Waals surface area contributed by atoms with Crippen molar-refractivity contribution in [3.63, 3.8) is 0 Å². The molecule has 0 bridgehead atoms. The van der Waals surface area contributed by atoms with Crippen molar-refractivity contribution in [2.75, 3.05) is 7.11 Å². The molecule has 0 aliphatic carbocycles. The molecule has 0 spiro atoms. The highest BCUT2D eigenvalue weighted by Crippen LogP contribution is 2.37. The highest BCUT2D eigenvalue weighted by molar-refractivity contribution is 6.62. The SMILES string of the molecule is COc1cc(B2OC(C)(C)C(C)(C)O2)c(C)cc1F. The number of hydrogen-bond acceptors (Lipinski definition) is 3. The van der Waals surface area contributed by atoms with Gasteiger partial charge in [-0.15, -0.1) is 0 Å². The molecule has 1 aromatic rings. The molecule has 19 heavy (non-hydrogen) atoms. The Morgan fingerprint density at radius 2 is 1.63 bits per heavy atom. The number of hydrogen-bond donors (Lipinski definition) is 0. The van der Waals surface area contributed by atoms with Gasteiger partial charge in [0.2, 0.25) is 0 Å². The minimum atomic E-state index is -0.500. The van der Waals surface area contributed by atoms with Crippen LogP contribution in [-0.4, -0.2) is 25.4 Å². The van der Waals surface area contributed by atoms with Gasteiger partial charge >= 0.3 is 7.12 Å². The Labute approximate surface area is 114 Å². The first kappa shape index (κ1) is 14.3. The maximum Gasteiger partial charge on any atom is 0.495 e. The number of methoxy groups -OCH3 is 1. The lowest BCUT2D eigenvalue weighted by molar-refractivity contribution is 0.00578. The third-order valence-electron chi connectivity index (χ3n) is 4.05. The molecule has 0 unspecified atom stereocenters. The molecule has 1 saturated heterocycles. The van der Waals surface area contributed by atoms with Crippen LogP contribution in [-0.2, 0) is 9.31 Å². The molecule has 0 saturated carbocycles. The number of ether oxygens (including phenoxy) is 1. The average molecular weight is 266 g/mol. The fraction of sp³-hybridized carbons (Fsp3) is 0.571. The van der Waals surface area contributed by atoms with Gasteiger partial charge in [0, 0.05) is 0 Å². The predicted molar refractivity (Wildman–Crippen MR) is 73.4 cm³/mol. The van der Waals surface area contributed by atoms with Gasteiger partial charge in [0.05, 0.1) is 18.3 Å². The van der Waals surface area contributed by atoms with E-state index in [0.29, 0.717) is 0 Å². The van der Waals surface area contributed by atoms with Crippen molar-refractivity contribution in [2.45, 2.75) is 45.8 Å². The van der Waals surface area contributed by atoms with Gasteiger partial charge in [-0.1, -0.05) is 0 Å². The standard InChI is InChI=1S/C14H20BFO3/c1-9-7-11(16)12(17-6)8-10(9)15-18-13(2,3)14(4,5)19-15/h7-8H,1-6H3. The van der Waals surface area contributed by atoms with E-state index in [9.17, 15) is 4.39 Å². The van der Waals surface area contributed by atoms with Crippen molar-refractivity contribution < 1.29 is 18.4 Å². The first-order valence-electron chi connectivity index (χ1n) is 6.37. The van der Waals surface area contributed by atoms with Gasteiger partial charge in [-0.2, -0.15) is 0 Å². The highest BCUT2D eigenvalue weighted by Gasteiger charge is 2.52. The summed E-state index contributed by atoms with van der Waals surface area (Å²) in [5.74, 6) is -0.171. The van der Waals surface area contributed by atoms with Crippen LogP contribution < -0.4 is 10.2 Å². The number of rotatable bonds is 2. The molecule has 0 N–H and O–H groups in total. The zero-order chi connectivity index (χ0) is 14.4. The van der Waals surface area contributed by atoms with Crippen molar-refractivity contribution in [3.8, 4) is 5.75 Å². The first-order chi connectivity index (χ1) is 8.68. The lowest BCUT2D eigenvalue weighted by atomic mass is 9.76. The number of halogens is 1. The molecule has 0 atom stereocenters. The maximum absolute atomic E-state index is 13.6. The smallest absolute Gasteiger partial charge is 0.494 e. The van der Waals surface area contributed by atoms with Crippen molar-refractivity contribution in [3.05, 3.63) is 23.5 Å². The van der Waals surface area contributed by atoms with Crippen molar-refractivity contribution in [2.24, 2.45) is 0 Å². The van der Waals surface area contributed by atoms with Gasteiger partial charge in [0.15, 0.2) is 11.6 Å². The molecule has 1 fully saturated rings. The second kappa shape index (κ2) is 4.49. The second-order valence-electron chi connectivity index (χ2n) is 5.93. The van der Waals surface area contributed by atoms with Gasteiger partial charge in [-0.25, -0.2) is 4.39 Å². The van der Waals surface area contributed by atoms with E-state index in [2.05, 4.69) is 0 Å². The number of benzene rings is 1. The van der Waals surface area contributed by atoms with Crippen molar-refractivity contribution in [1.82, 2.24) is 0 Å². The minimum Gasteiger partial charge on any atom is -0.494 e. The van der Waals surface area contributed by atoms with Crippen LogP contribution in [0.1, 0.15) is 33.3 Å². The van der Waals surface area contributed by atoms with Gasteiger partial charge in [-0.3, -0.25) is 0 Å². The number of aryl methyl sites for hydroxylation is 1. The van der Waals surface area contributed by atoms with E-state index in [1.165, 1.54) is 13.2 Å². The molecule has 0 amide bonds. The van der Waals surface area contributed by atoms with E-state index in [0.717, 1.165) is 11.0 Å². The molecule has 1 aliphatic rings. The van der Waals surface area contributed by atoms with Crippen LogP contribution in [0.5, 0.6) is 5.75 Å². The first-order valence-corrected chi connectivity index (χ1v) is 6.37. The van der Waals surface area contributed by atoms with Crippen LogP contribution in [0.4, 0.5) is 4.39 Å². The van der Waals surface area contributed by atoms with E-state index in [1.54, 1.807) is 6.07 Å². The van der Waals surface area contributed by atoms with E-state index >= 15 is 0 Å². The van der Waals surface area contributed by atoms with E-state index < -0.39 is 18.3 Å². The Morgan fingerprint density at radius 1 is 1.11 bits per heavy atom. The summed E-state index contributed by atoms with van der Waals surface area (Å²) < 4.78 is 30.6. The molecular formula is C14H20BFO3. The predicted octanol–water partition coefficient (Wildman–Crippen LogP) is 2.44. The van der Waals surface area contributed by atoms with Crippen LogP contribution in [0, 0.1) is 12.7 Å². The molecule has 104 valence electrons. The second-order valence-corrected chi connectivity index (χ2v) is 5.93. The summed E-state index contributed by atoms with van der Waals surface area (Å²) in [5.41, 5.74) is 0.769. The van der Waals surface area contributed by atoms with Gasteiger partial charge in [0.1, 0.15) is 0 Å². The van der Waals surface area contributed by atoms with E-state index in [1.807, 2.05) is 34.6 Å². The molecule has 0 radical (unpaired) electrons. The highest BCUT2D eigenvalue weighted by atomic mass is 19.1. The molecule has 2 rings (SSSR count). The Balaban J connectivity index is 2.39. The summed E-state index contributed by atoms with van der Waals surface area (Å²) in [5, 5.41) is 0. The Bertz CT molecular complexity index is 484. The molecule has 5 heteroatoms. The van der Waals surface area contributed by atoms with Crippen LogP contribution in [0.15, 0.2) is 12.1 Å². The minimum absolute atomic E-state index is 0.204. The molecule has 1 heterocycles. The Morgan fingerprint density at radius 3 is 2.11 bits per heavy atom. The summed E-state index contributed by atoms with van der Waals surface area (Å²) in [7, 11) is 0.946. The van der Waals surface area contributed by atoms with E-state index in [4.69, 9.17) is 14.0 Å².